The fraction of sp³-hybridized carbons (Fsp3) is 0.588. The van der Waals surface area contributed by atoms with Gasteiger partial charge in [0.1, 0.15) is 18.0 Å². The Labute approximate surface area is 142 Å². The predicted octanol–water partition coefficient (Wildman–Crippen LogP) is 1.56. The van der Waals surface area contributed by atoms with Gasteiger partial charge in [0.05, 0.1) is 18.6 Å². The minimum Gasteiger partial charge on any atom is -0.481 e. The number of hydrogen-bond acceptors (Lipinski definition) is 6. The van der Waals surface area contributed by atoms with Crippen LogP contribution in [0.5, 0.6) is 0 Å². The second kappa shape index (κ2) is 7.17. The maximum atomic E-state index is 11.8. The van der Waals surface area contributed by atoms with Crippen molar-refractivity contribution in [3.05, 3.63) is 25.0 Å². The minimum atomic E-state index is -0.774. The zero-order valence-electron chi connectivity index (χ0n) is 13.9. The number of aliphatic carboxylic acids is 1. The summed E-state index contributed by atoms with van der Waals surface area (Å²) < 4.78 is 5.38. The Balaban J connectivity index is 1.80. The second-order valence-corrected chi connectivity index (χ2v) is 6.44. The molecule has 3 heterocycles. The number of nitrogens with zero attached hydrogens (tertiary/aromatic N) is 4. The van der Waals surface area contributed by atoms with Gasteiger partial charge in [-0.1, -0.05) is 6.08 Å². The Hall–Kier alpha value is -2.15. The predicted molar refractivity (Wildman–Crippen MR) is 91.4 cm³/mol. The first-order chi connectivity index (χ1) is 11.6. The molecule has 7 nitrogen and oxygen atoms in total. The van der Waals surface area contributed by atoms with Crippen molar-refractivity contribution in [1.82, 2.24) is 9.97 Å². The fourth-order valence-electron chi connectivity index (χ4n) is 3.51. The van der Waals surface area contributed by atoms with Crippen LogP contribution in [0.4, 0.5) is 11.6 Å². The highest BCUT2D eigenvalue weighted by atomic mass is 16.5. The van der Waals surface area contributed by atoms with Crippen molar-refractivity contribution < 1.29 is 14.6 Å². The summed E-state index contributed by atoms with van der Waals surface area (Å²) in [5.74, 6) is 0.911. The van der Waals surface area contributed by atoms with Crippen molar-refractivity contribution in [2.75, 3.05) is 49.2 Å². The van der Waals surface area contributed by atoms with E-state index in [1.54, 1.807) is 12.4 Å². The number of morpholine rings is 1. The molecule has 0 spiro atoms. The van der Waals surface area contributed by atoms with E-state index < -0.39 is 11.4 Å². The highest BCUT2D eigenvalue weighted by molar-refractivity contribution is 5.76. The van der Waals surface area contributed by atoms with Gasteiger partial charge in [0.2, 0.25) is 0 Å². The molecule has 130 valence electrons. The molecule has 0 aromatic carbocycles. The maximum absolute atomic E-state index is 11.8. The van der Waals surface area contributed by atoms with E-state index in [1.165, 1.54) is 0 Å². The van der Waals surface area contributed by atoms with E-state index in [1.807, 2.05) is 6.07 Å². The molecule has 3 rings (SSSR count). The number of anilines is 2. The van der Waals surface area contributed by atoms with E-state index in [4.69, 9.17) is 4.74 Å². The van der Waals surface area contributed by atoms with E-state index in [2.05, 4.69) is 26.3 Å². The Morgan fingerprint density at radius 1 is 1.29 bits per heavy atom. The van der Waals surface area contributed by atoms with Crippen molar-refractivity contribution in [2.24, 2.45) is 5.41 Å². The molecule has 0 radical (unpaired) electrons. The van der Waals surface area contributed by atoms with E-state index in [9.17, 15) is 9.90 Å². The molecular weight excluding hydrogens is 308 g/mol. The fourth-order valence-corrected chi connectivity index (χ4v) is 3.51. The first-order valence-electron chi connectivity index (χ1n) is 8.39. The number of rotatable bonds is 5. The quantitative estimate of drug-likeness (QED) is 0.820. The maximum Gasteiger partial charge on any atom is 0.311 e. The lowest BCUT2D eigenvalue weighted by Gasteiger charge is -2.40. The normalized spacial score (nSPS) is 24.7. The monoisotopic (exact) mass is 332 g/mol. The summed E-state index contributed by atoms with van der Waals surface area (Å²) in [6.07, 6.45) is 5.24. The Kier molecular flexibility index (Phi) is 4.99. The zero-order valence-corrected chi connectivity index (χ0v) is 13.9. The minimum absolute atomic E-state index is 0.452. The van der Waals surface area contributed by atoms with Gasteiger partial charge in [-0.25, -0.2) is 9.97 Å². The lowest BCUT2D eigenvalue weighted by atomic mass is 9.77. The number of carboxylic acid groups (broad SMARTS) is 1. The lowest BCUT2D eigenvalue weighted by molar-refractivity contribution is -0.149. The average molecular weight is 332 g/mol. The molecule has 1 unspecified atom stereocenters. The summed E-state index contributed by atoms with van der Waals surface area (Å²) in [6, 6.07) is 1.96. The van der Waals surface area contributed by atoms with Crippen molar-refractivity contribution in [3.8, 4) is 0 Å². The second-order valence-electron chi connectivity index (χ2n) is 6.44. The molecule has 7 heteroatoms. The van der Waals surface area contributed by atoms with Gasteiger partial charge in [0.15, 0.2) is 0 Å². The molecule has 1 atom stereocenters. The van der Waals surface area contributed by atoms with Gasteiger partial charge in [-0.15, -0.1) is 6.58 Å². The van der Waals surface area contributed by atoms with Crippen LogP contribution < -0.4 is 9.80 Å². The van der Waals surface area contributed by atoms with Crippen LogP contribution in [0.2, 0.25) is 0 Å². The molecule has 0 aliphatic carbocycles. The number of hydrogen-bond donors (Lipinski definition) is 1. The third-order valence-electron chi connectivity index (χ3n) is 4.86. The van der Waals surface area contributed by atoms with E-state index in [0.29, 0.717) is 32.6 Å². The van der Waals surface area contributed by atoms with Crippen LogP contribution in [0.1, 0.15) is 19.3 Å². The largest absolute Gasteiger partial charge is 0.481 e. The molecule has 24 heavy (non-hydrogen) atoms. The van der Waals surface area contributed by atoms with Gasteiger partial charge in [-0.05, 0) is 19.3 Å². The van der Waals surface area contributed by atoms with Gasteiger partial charge in [0, 0.05) is 32.2 Å². The van der Waals surface area contributed by atoms with Crippen LogP contribution in [0.15, 0.2) is 25.0 Å². The first kappa shape index (κ1) is 16.7. The molecule has 0 saturated carbocycles. The molecule has 0 amide bonds. The van der Waals surface area contributed by atoms with Gasteiger partial charge >= 0.3 is 5.97 Å². The van der Waals surface area contributed by atoms with Gasteiger partial charge in [-0.3, -0.25) is 4.79 Å². The van der Waals surface area contributed by atoms with Crippen LogP contribution in [-0.4, -0.2) is 60.4 Å². The number of allylic oxidation sites excluding steroid dienone is 1. The third-order valence-corrected chi connectivity index (χ3v) is 4.86. The Bertz CT molecular complexity index is 603. The molecule has 1 aromatic heterocycles. The number of aromatic nitrogens is 2. The van der Waals surface area contributed by atoms with E-state index >= 15 is 0 Å². The van der Waals surface area contributed by atoms with Crippen LogP contribution >= 0.6 is 0 Å². The highest BCUT2D eigenvalue weighted by Crippen LogP contribution is 2.36. The van der Waals surface area contributed by atoms with Gasteiger partial charge in [-0.2, -0.15) is 0 Å². The number of carbonyl (C=O) groups is 1. The summed E-state index contributed by atoms with van der Waals surface area (Å²) in [6.45, 7) is 8.01. The van der Waals surface area contributed by atoms with Crippen LogP contribution in [-0.2, 0) is 9.53 Å². The number of piperidine rings is 1. The SMILES string of the molecule is C=CCC1(C(=O)O)CCCN(c2cc(N3CCOCC3)ncn2)C1. The topological polar surface area (TPSA) is 78.8 Å². The summed E-state index contributed by atoms with van der Waals surface area (Å²) in [5.41, 5.74) is -0.774. The van der Waals surface area contributed by atoms with Crippen LogP contribution in [0, 0.1) is 5.41 Å². The summed E-state index contributed by atoms with van der Waals surface area (Å²) in [5, 5.41) is 9.71. The van der Waals surface area contributed by atoms with Gasteiger partial charge < -0.3 is 19.6 Å². The lowest BCUT2D eigenvalue weighted by Crippen LogP contribution is -2.48. The molecule has 2 fully saturated rings. The third kappa shape index (κ3) is 3.36. The molecule has 1 N–H and O–H groups in total. The van der Waals surface area contributed by atoms with E-state index in [0.717, 1.165) is 37.7 Å². The van der Waals surface area contributed by atoms with E-state index in [-0.39, 0.29) is 0 Å². The zero-order chi connectivity index (χ0) is 17.0. The summed E-state index contributed by atoms with van der Waals surface area (Å²) in [7, 11) is 0. The summed E-state index contributed by atoms with van der Waals surface area (Å²) in [4.78, 5) is 24.8. The molecule has 2 saturated heterocycles. The smallest absolute Gasteiger partial charge is 0.311 e. The van der Waals surface area contributed by atoms with Crippen molar-refractivity contribution in [1.29, 1.82) is 0 Å². The summed E-state index contributed by atoms with van der Waals surface area (Å²) >= 11 is 0. The number of carboxylic acids is 1. The first-order valence-corrected chi connectivity index (χ1v) is 8.39. The standard InChI is InChI=1S/C17H24N4O3/c1-2-4-17(16(22)23)5-3-6-21(12-17)15-11-14(18-13-19-15)20-7-9-24-10-8-20/h2,11,13H,1,3-10,12H2,(H,22,23). The molecule has 1 aromatic rings. The molecule has 2 aliphatic rings. The van der Waals surface area contributed by atoms with Crippen molar-refractivity contribution in [2.45, 2.75) is 19.3 Å². The number of ether oxygens (including phenoxy) is 1. The molecular formula is C17H24N4O3. The van der Waals surface area contributed by atoms with Crippen molar-refractivity contribution in [3.63, 3.8) is 0 Å². The van der Waals surface area contributed by atoms with Crippen LogP contribution in [0.3, 0.4) is 0 Å². The Morgan fingerprint density at radius 3 is 2.67 bits per heavy atom. The highest BCUT2D eigenvalue weighted by Gasteiger charge is 2.41. The Morgan fingerprint density at radius 2 is 2.00 bits per heavy atom. The molecule has 2 aliphatic heterocycles. The molecule has 0 bridgehead atoms. The van der Waals surface area contributed by atoms with Crippen LogP contribution in [0.25, 0.3) is 0 Å². The average Bonchev–Trinajstić information content (AvgIpc) is 2.63. The van der Waals surface area contributed by atoms with Gasteiger partial charge in [0.25, 0.3) is 0 Å². The van der Waals surface area contributed by atoms with Crippen molar-refractivity contribution >= 4 is 17.6 Å².